The van der Waals surface area contributed by atoms with Crippen LogP contribution in [-0.2, 0) is 14.8 Å². The highest BCUT2D eigenvalue weighted by Gasteiger charge is 2.42. The Bertz CT molecular complexity index is 558. The zero-order chi connectivity index (χ0) is 14.0. The van der Waals surface area contributed by atoms with Gasteiger partial charge in [0.15, 0.2) is 0 Å². The highest BCUT2D eigenvalue weighted by atomic mass is 32.2. The second-order valence-electron chi connectivity index (χ2n) is 4.56. The fraction of sp³-hybridized carbons (Fsp3) is 0.500. The van der Waals surface area contributed by atoms with Crippen LogP contribution in [0, 0.1) is 5.92 Å². The lowest BCUT2D eigenvalue weighted by atomic mass is 9.90. The lowest BCUT2D eigenvalue weighted by Gasteiger charge is -2.15. The standard InChI is InChI=1S/C12H16N2O4S/c1-2-19(17,18)14-7-10(11(8-14)12(15)16)9-4-3-5-13-6-9/h3-6,10-11H,2,7-8H2,1H3,(H,15,16)/t10-,11-/m0/s1. The summed E-state index contributed by atoms with van der Waals surface area (Å²) in [6.45, 7) is 1.80. The van der Waals surface area contributed by atoms with Gasteiger partial charge in [-0.2, -0.15) is 0 Å². The molecule has 1 fully saturated rings. The molecule has 0 aliphatic carbocycles. The molecule has 104 valence electrons. The minimum atomic E-state index is -3.36. The summed E-state index contributed by atoms with van der Waals surface area (Å²) < 4.78 is 25.0. The molecular formula is C12H16N2O4S. The van der Waals surface area contributed by atoms with E-state index in [0.29, 0.717) is 0 Å². The fourth-order valence-electron chi connectivity index (χ4n) is 2.36. The summed E-state index contributed by atoms with van der Waals surface area (Å²) in [5.41, 5.74) is 0.767. The van der Waals surface area contributed by atoms with Crippen molar-refractivity contribution in [3.8, 4) is 0 Å². The average Bonchev–Trinajstić information content (AvgIpc) is 2.85. The molecular weight excluding hydrogens is 268 g/mol. The highest BCUT2D eigenvalue weighted by Crippen LogP contribution is 2.33. The molecule has 0 radical (unpaired) electrons. The average molecular weight is 284 g/mol. The molecule has 0 spiro atoms. The van der Waals surface area contributed by atoms with Gasteiger partial charge in [-0.3, -0.25) is 9.78 Å². The van der Waals surface area contributed by atoms with E-state index in [1.165, 1.54) is 4.31 Å². The Balaban J connectivity index is 2.31. The second-order valence-corrected chi connectivity index (χ2v) is 6.81. The predicted molar refractivity (Wildman–Crippen MR) is 69.1 cm³/mol. The fourth-order valence-corrected chi connectivity index (χ4v) is 3.50. The van der Waals surface area contributed by atoms with Crippen molar-refractivity contribution in [1.82, 2.24) is 9.29 Å². The van der Waals surface area contributed by atoms with Gasteiger partial charge in [-0.1, -0.05) is 6.07 Å². The number of aliphatic carboxylic acids is 1. The van der Waals surface area contributed by atoms with Gasteiger partial charge in [0, 0.05) is 31.4 Å². The van der Waals surface area contributed by atoms with E-state index >= 15 is 0 Å². The third-order valence-electron chi connectivity index (χ3n) is 3.47. The molecule has 1 aliphatic heterocycles. The van der Waals surface area contributed by atoms with Crippen molar-refractivity contribution in [3.63, 3.8) is 0 Å². The molecule has 2 atom stereocenters. The SMILES string of the molecule is CCS(=O)(=O)N1C[C@H](C(=O)O)[C@H](c2cccnc2)C1. The summed E-state index contributed by atoms with van der Waals surface area (Å²) >= 11 is 0. The number of rotatable bonds is 4. The van der Waals surface area contributed by atoms with E-state index < -0.39 is 21.9 Å². The monoisotopic (exact) mass is 284 g/mol. The van der Waals surface area contributed by atoms with Crippen LogP contribution in [0.1, 0.15) is 18.4 Å². The molecule has 6 nitrogen and oxygen atoms in total. The number of aromatic nitrogens is 1. The number of carboxylic acid groups (broad SMARTS) is 1. The normalized spacial score (nSPS) is 24.5. The molecule has 0 amide bonds. The van der Waals surface area contributed by atoms with Crippen LogP contribution in [0.3, 0.4) is 0 Å². The van der Waals surface area contributed by atoms with Crippen LogP contribution in [0.15, 0.2) is 24.5 Å². The van der Waals surface area contributed by atoms with E-state index in [1.807, 2.05) is 0 Å². The Morgan fingerprint density at radius 3 is 2.79 bits per heavy atom. The number of carbonyl (C=O) groups is 1. The van der Waals surface area contributed by atoms with Gasteiger partial charge in [0.25, 0.3) is 0 Å². The maximum atomic E-state index is 11.9. The van der Waals surface area contributed by atoms with E-state index in [0.717, 1.165) is 5.56 Å². The summed E-state index contributed by atoms with van der Waals surface area (Å²) in [6, 6.07) is 3.51. The predicted octanol–water partition coefficient (Wildman–Crippen LogP) is 0.531. The number of carboxylic acids is 1. The van der Waals surface area contributed by atoms with Crippen molar-refractivity contribution in [1.29, 1.82) is 0 Å². The number of nitrogens with zero attached hydrogens (tertiary/aromatic N) is 2. The van der Waals surface area contributed by atoms with Crippen LogP contribution in [0.25, 0.3) is 0 Å². The second kappa shape index (κ2) is 5.26. The third kappa shape index (κ3) is 2.76. The molecule has 1 aromatic rings. The lowest BCUT2D eigenvalue weighted by Crippen LogP contribution is -2.31. The zero-order valence-corrected chi connectivity index (χ0v) is 11.4. The molecule has 1 aromatic heterocycles. The Morgan fingerprint density at radius 1 is 1.53 bits per heavy atom. The molecule has 2 heterocycles. The minimum absolute atomic E-state index is 0.0148. The summed E-state index contributed by atoms with van der Waals surface area (Å²) in [4.78, 5) is 15.3. The molecule has 1 aliphatic rings. The van der Waals surface area contributed by atoms with Crippen LogP contribution in [0.2, 0.25) is 0 Å². The van der Waals surface area contributed by atoms with Gasteiger partial charge in [0.1, 0.15) is 0 Å². The Kier molecular flexibility index (Phi) is 3.86. The smallest absolute Gasteiger partial charge is 0.308 e. The summed E-state index contributed by atoms with van der Waals surface area (Å²) in [7, 11) is -3.36. The van der Waals surface area contributed by atoms with Crippen molar-refractivity contribution in [2.75, 3.05) is 18.8 Å². The third-order valence-corrected chi connectivity index (χ3v) is 5.29. The van der Waals surface area contributed by atoms with E-state index in [1.54, 1.807) is 31.5 Å². The molecule has 0 bridgehead atoms. The Labute approximate surface area is 112 Å². The Morgan fingerprint density at radius 2 is 2.26 bits per heavy atom. The lowest BCUT2D eigenvalue weighted by molar-refractivity contribution is -0.141. The number of hydrogen-bond donors (Lipinski definition) is 1. The largest absolute Gasteiger partial charge is 0.481 e. The minimum Gasteiger partial charge on any atom is -0.481 e. The van der Waals surface area contributed by atoms with Crippen LogP contribution in [-0.4, -0.2) is 47.6 Å². The van der Waals surface area contributed by atoms with Gasteiger partial charge in [-0.15, -0.1) is 0 Å². The quantitative estimate of drug-likeness (QED) is 0.871. The van der Waals surface area contributed by atoms with Crippen LogP contribution < -0.4 is 0 Å². The van der Waals surface area contributed by atoms with Crippen LogP contribution in [0.4, 0.5) is 0 Å². The van der Waals surface area contributed by atoms with Crippen molar-refractivity contribution in [3.05, 3.63) is 30.1 Å². The number of pyridine rings is 1. The Hall–Kier alpha value is -1.47. The first-order valence-corrected chi connectivity index (χ1v) is 7.67. The van der Waals surface area contributed by atoms with Crippen molar-refractivity contribution >= 4 is 16.0 Å². The van der Waals surface area contributed by atoms with Crippen LogP contribution in [0.5, 0.6) is 0 Å². The summed E-state index contributed by atoms with van der Waals surface area (Å²) in [5.74, 6) is -2.04. The molecule has 0 unspecified atom stereocenters. The topological polar surface area (TPSA) is 87.6 Å². The number of hydrogen-bond acceptors (Lipinski definition) is 4. The van der Waals surface area contributed by atoms with E-state index in [2.05, 4.69) is 4.98 Å². The molecule has 0 aromatic carbocycles. The molecule has 0 saturated carbocycles. The van der Waals surface area contributed by atoms with Crippen molar-refractivity contribution in [2.45, 2.75) is 12.8 Å². The van der Waals surface area contributed by atoms with Gasteiger partial charge in [0.05, 0.1) is 11.7 Å². The molecule has 1 N–H and O–H groups in total. The van der Waals surface area contributed by atoms with E-state index in [-0.39, 0.29) is 24.8 Å². The summed E-state index contributed by atoms with van der Waals surface area (Å²) in [6.07, 6.45) is 3.21. The van der Waals surface area contributed by atoms with E-state index in [4.69, 9.17) is 0 Å². The first-order valence-electron chi connectivity index (χ1n) is 6.06. The molecule has 19 heavy (non-hydrogen) atoms. The molecule has 1 saturated heterocycles. The first-order chi connectivity index (χ1) is 8.95. The van der Waals surface area contributed by atoms with Gasteiger partial charge >= 0.3 is 5.97 Å². The number of sulfonamides is 1. The van der Waals surface area contributed by atoms with Gasteiger partial charge in [0.2, 0.25) is 10.0 Å². The van der Waals surface area contributed by atoms with Crippen molar-refractivity contribution < 1.29 is 18.3 Å². The first kappa shape index (κ1) is 14.0. The van der Waals surface area contributed by atoms with Gasteiger partial charge in [-0.05, 0) is 18.6 Å². The zero-order valence-electron chi connectivity index (χ0n) is 10.6. The van der Waals surface area contributed by atoms with Crippen LogP contribution >= 0.6 is 0 Å². The van der Waals surface area contributed by atoms with Crippen molar-refractivity contribution in [2.24, 2.45) is 5.92 Å². The maximum Gasteiger partial charge on any atom is 0.308 e. The van der Waals surface area contributed by atoms with Gasteiger partial charge < -0.3 is 5.11 Å². The summed E-state index contributed by atoms with van der Waals surface area (Å²) in [5, 5.41) is 9.26. The molecule has 2 rings (SSSR count). The van der Waals surface area contributed by atoms with E-state index in [9.17, 15) is 18.3 Å². The highest BCUT2D eigenvalue weighted by molar-refractivity contribution is 7.89. The van der Waals surface area contributed by atoms with Gasteiger partial charge in [-0.25, -0.2) is 12.7 Å². The molecule has 7 heteroatoms. The maximum absolute atomic E-state index is 11.9.